The highest BCUT2D eigenvalue weighted by Crippen LogP contribution is 2.04. The number of benzene rings is 1. The molecule has 0 saturated heterocycles. The summed E-state index contributed by atoms with van der Waals surface area (Å²) in [5.74, 6) is -1.72. The van der Waals surface area contributed by atoms with Gasteiger partial charge in [-0.2, -0.15) is 0 Å². The normalized spacial score (nSPS) is 9.65. The Kier molecular flexibility index (Phi) is 3.20. The van der Waals surface area contributed by atoms with E-state index in [9.17, 15) is 9.59 Å². The number of Topliss-reactive ketones (excluding diaryl/α,β-unsaturated/α-hetero) is 1. The fraction of sp³-hybridized carbons (Fsp3) is 0. The molecule has 84 valence electrons. The van der Waals surface area contributed by atoms with Crippen LogP contribution >= 0.6 is 0 Å². The smallest absolute Gasteiger partial charge is 0.385 e. The maximum atomic E-state index is 11.6. The van der Waals surface area contributed by atoms with Crippen LogP contribution < -0.4 is 4.74 Å². The van der Waals surface area contributed by atoms with Crippen LogP contribution in [0.2, 0.25) is 0 Å². The van der Waals surface area contributed by atoms with Gasteiger partial charge in [0.15, 0.2) is 0 Å². The van der Waals surface area contributed by atoms with Crippen molar-refractivity contribution in [2.45, 2.75) is 0 Å². The topological polar surface area (TPSA) is 69.2 Å². The molecule has 1 heterocycles. The number of ether oxygens (including phenoxy) is 1. The van der Waals surface area contributed by atoms with Gasteiger partial charge in [0.1, 0.15) is 0 Å². The van der Waals surface area contributed by atoms with Gasteiger partial charge in [0.25, 0.3) is 5.78 Å². The minimum absolute atomic E-state index is 0.137. The van der Waals surface area contributed by atoms with Crippen molar-refractivity contribution in [3.05, 3.63) is 54.4 Å². The van der Waals surface area contributed by atoms with Gasteiger partial charge >= 0.3 is 12.0 Å². The molecular weight excluding hydrogens is 220 g/mol. The van der Waals surface area contributed by atoms with Crippen LogP contribution in [0, 0.1) is 0 Å². The number of aromatic nitrogens is 2. The Labute approximate surface area is 97.1 Å². The predicted octanol–water partition coefficient (Wildman–Crippen LogP) is 1.26. The van der Waals surface area contributed by atoms with Crippen LogP contribution in [0.4, 0.5) is 0 Å². The maximum absolute atomic E-state index is 11.6. The van der Waals surface area contributed by atoms with Gasteiger partial charge in [-0.1, -0.05) is 30.3 Å². The van der Waals surface area contributed by atoms with Crippen molar-refractivity contribution in [1.82, 2.24) is 9.97 Å². The molecule has 17 heavy (non-hydrogen) atoms. The second-order valence-corrected chi connectivity index (χ2v) is 3.12. The van der Waals surface area contributed by atoms with Gasteiger partial charge in [-0.05, 0) is 6.07 Å². The molecule has 0 aliphatic rings. The zero-order chi connectivity index (χ0) is 12.1. The Morgan fingerprint density at radius 2 is 1.59 bits per heavy atom. The third kappa shape index (κ3) is 2.72. The Morgan fingerprint density at radius 3 is 2.24 bits per heavy atom. The second-order valence-electron chi connectivity index (χ2n) is 3.12. The third-order valence-corrected chi connectivity index (χ3v) is 1.95. The zero-order valence-corrected chi connectivity index (χ0v) is 8.74. The average Bonchev–Trinajstić information content (AvgIpc) is 2.40. The highest BCUT2D eigenvalue weighted by atomic mass is 16.6. The highest BCUT2D eigenvalue weighted by molar-refractivity contribution is 6.41. The van der Waals surface area contributed by atoms with Crippen LogP contribution in [-0.4, -0.2) is 21.7 Å². The maximum Gasteiger partial charge on any atom is 0.387 e. The van der Waals surface area contributed by atoms with Crippen LogP contribution in [0.25, 0.3) is 0 Å². The van der Waals surface area contributed by atoms with E-state index >= 15 is 0 Å². The van der Waals surface area contributed by atoms with Crippen molar-refractivity contribution < 1.29 is 14.3 Å². The van der Waals surface area contributed by atoms with E-state index < -0.39 is 11.8 Å². The Hall–Kier alpha value is -2.56. The van der Waals surface area contributed by atoms with E-state index in [-0.39, 0.29) is 11.6 Å². The molecule has 5 heteroatoms. The molecule has 0 N–H and O–H groups in total. The number of esters is 1. The van der Waals surface area contributed by atoms with Crippen molar-refractivity contribution in [3.8, 4) is 6.01 Å². The van der Waals surface area contributed by atoms with Crippen LogP contribution in [-0.2, 0) is 4.79 Å². The largest absolute Gasteiger partial charge is 0.387 e. The molecule has 0 atom stereocenters. The summed E-state index contributed by atoms with van der Waals surface area (Å²) in [6.45, 7) is 0. The summed E-state index contributed by atoms with van der Waals surface area (Å²) in [5, 5.41) is 0. The van der Waals surface area contributed by atoms with Gasteiger partial charge in [0.05, 0.1) is 0 Å². The lowest BCUT2D eigenvalue weighted by Gasteiger charge is -2.00. The Bertz CT molecular complexity index is 526. The summed E-state index contributed by atoms with van der Waals surface area (Å²) in [4.78, 5) is 30.5. The average molecular weight is 228 g/mol. The van der Waals surface area contributed by atoms with Crippen molar-refractivity contribution in [2.75, 3.05) is 0 Å². The number of hydrogen-bond donors (Lipinski definition) is 0. The lowest BCUT2D eigenvalue weighted by atomic mass is 10.1. The standard InChI is InChI=1S/C12H8N2O3/c15-10(9-5-2-1-3-6-9)11(16)17-12-13-7-4-8-14-12/h1-8H. The Morgan fingerprint density at radius 1 is 0.941 bits per heavy atom. The van der Waals surface area contributed by atoms with E-state index in [2.05, 4.69) is 9.97 Å². The van der Waals surface area contributed by atoms with E-state index in [1.807, 2.05) is 0 Å². The van der Waals surface area contributed by atoms with E-state index in [1.54, 1.807) is 24.3 Å². The Balaban J connectivity index is 2.09. The lowest BCUT2D eigenvalue weighted by molar-refractivity contribution is -0.129. The molecule has 0 aliphatic heterocycles. The molecule has 1 aromatic heterocycles. The van der Waals surface area contributed by atoms with Crippen LogP contribution in [0.3, 0.4) is 0 Å². The van der Waals surface area contributed by atoms with Crippen molar-refractivity contribution in [3.63, 3.8) is 0 Å². The first-order valence-electron chi connectivity index (χ1n) is 4.86. The van der Waals surface area contributed by atoms with Crippen LogP contribution in [0.15, 0.2) is 48.8 Å². The molecule has 0 spiro atoms. The van der Waals surface area contributed by atoms with E-state index in [0.29, 0.717) is 0 Å². The first-order chi connectivity index (χ1) is 8.27. The second kappa shape index (κ2) is 4.98. The first kappa shape index (κ1) is 10.9. The molecule has 1 aromatic carbocycles. The number of carbonyl (C=O) groups is 2. The van der Waals surface area contributed by atoms with Crippen LogP contribution in [0.5, 0.6) is 6.01 Å². The highest BCUT2D eigenvalue weighted by Gasteiger charge is 2.19. The number of ketones is 1. The molecular formula is C12H8N2O3. The summed E-state index contributed by atoms with van der Waals surface area (Å²) in [6, 6.07) is 9.60. The van der Waals surface area contributed by atoms with Crippen molar-refractivity contribution in [2.24, 2.45) is 0 Å². The quantitative estimate of drug-likeness (QED) is 0.449. The van der Waals surface area contributed by atoms with Gasteiger partial charge in [-0.25, -0.2) is 14.8 Å². The minimum Gasteiger partial charge on any atom is -0.385 e. The van der Waals surface area contributed by atoms with E-state index in [1.165, 1.54) is 24.5 Å². The third-order valence-electron chi connectivity index (χ3n) is 1.95. The number of carbonyl (C=O) groups excluding carboxylic acids is 2. The molecule has 0 radical (unpaired) electrons. The first-order valence-corrected chi connectivity index (χ1v) is 4.86. The monoisotopic (exact) mass is 228 g/mol. The molecule has 0 saturated carbocycles. The predicted molar refractivity (Wildman–Crippen MR) is 58.4 cm³/mol. The van der Waals surface area contributed by atoms with Gasteiger partial charge in [0.2, 0.25) is 0 Å². The number of rotatable bonds is 3. The van der Waals surface area contributed by atoms with Gasteiger partial charge in [0, 0.05) is 18.0 Å². The lowest BCUT2D eigenvalue weighted by Crippen LogP contribution is -2.21. The molecule has 0 bridgehead atoms. The van der Waals surface area contributed by atoms with Crippen molar-refractivity contribution in [1.29, 1.82) is 0 Å². The number of nitrogens with zero attached hydrogens (tertiary/aromatic N) is 2. The molecule has 0 aliphatic carbocycles. The fourth-order valence-corrected chi connectivity index (χ4v) is 1.17. The minimum atomic E-state index is -0.998. The molecule has 0 fully saturated rings. The zero-order valence-electron chi connectivity index (χ0n) is 8.74. The summed E-state index contributed by atoms with van der Waals surface area (Å²) in [5.41, 5.74) is 0.272. The SMILES string of the molecule is O=C(Oc1ncccn1)C(=O)c1ccccc1. The van der Waals surface area contributed by atoms with E-state index in [4.69, 9.17) is 4.74 Å². The number of hydrogen-bond acceptors (Lipinski definition) is 5. The molecule has 2 aromatic rings. The van der Waals surface area contributed by atoms with E-state index in [0.717, 1.165) is 0 Å². The van der Waals surface area contributed by atoms with Gasteiger partial charge < -0.3 is 4.74 Å². The molecule has 0 unspecified atom stereocenters. The fourth-order valence-electron chi connectivity index (χ4n) is 1.17. The summed E-state index contributed by atoms with van der Waals surface area (Å²) >= 11 is 0. The van der Waals surface area contributed by atoms with Crippen molar-refractivity contribution >= 4 is 11.8 Å². The molecule has 5 nitrogen and oxygen atoms in total. The summed E-state index contributed by atoms with van der Waals surface area (Å²) in [7, 11) is 0. The van der Waals surface area contributed by atoms with Crippen LogP contribution in [0.1, 0.15) is 10.4 Å². The summed E-state index contributed by atoms with van der Waals surface area (Å²) in [6.07, 6.45) is 2.84. The molecule has 0 amide bonds. The van der Waals surface area contributed by atoms with Gasteiger partial charge in [-0.15, -0.1) is 0 Å². The summed E-state index contributed by atoms with van der Waals surface area (Å²) < 4.78 is 4.72. The van der Waals surface area contributed by atoms with Gasteiger partial charge in [-0.3, -0.25) is 4.79 Å². The molecule has 2 rings (SSSR count).